The topological polar surface area (TPSA) is 29.1 Å². The van der Waals surface area contributed by atoms with E-state index in [0.717, 1.165) is 0 Å². The van der Waals surface area contributed by atoms with Gasteiger partial charge in [-0.25, -0.2) is 0 Å². The number of rotatable bonds is 2. The van der Waals surface area contributed by atoms with Crippen LogP contribution < -0.4 is 5.32 Å². The fraction of sp³-hybridized carbons (Fsp3) is 0.800. The van der Waals surface area contributed by atoms with Crippen molar-refractivity contribution < 1.29 is 4.79 Å². The third kappa shape index (κ3) is 1.01. The Hall–Kier alpha value is 0.0500. The summed E-state index contributed by atoms with van der Waals surface area (Å²) in [6.45, 7) is 1.81. The van der Waals surface area contributed by atoms with E-state index in [1.807, 2.05) is 0 Å². The van der Waals surface area contributed by atoms with Gasteiger partial charge in [0.25, 0.3) is 0 Å². The Morgan fingerprint density at radius 1 is 1.67 bits per heavy atom. The minimum absolute atomic E-state index is 0.391. The van der Waals surface area contributed by atoms with E-state index in [1.165, 1.54) is 0 Å². The second-order valence-corrected chi connectivity index (χ2v) is 3.96. The Kier molecular flexibility index (Phi) is 1.41. The van der Waals surface area contributed by atoms with Crippen LogP contribution in [0.2, 0.25) is 0 Å². The number of carbonyl (C=O) groups excluding carboxylic acids is 1. The lowest BCUT2D eigenvalue weighted by Gasteiger charge is -2.08. The molecule has 4 heteroatoms. The summed E-state index contributed by atoms with van der Waals surface area (Å²) in [7, 11) is 0. The van der Waals surface area contributed by atoms with Crippen molar-refractivity contribution in [2.75, 3.05) is 0 Å². The summed E-state index contributed by atoms with van der Waals surface area (Å²) in [4.78, 5) is 9.92. The van der Waals surface area contributed by atoms with Crippen molar-refractivity contribution in [2.24, 2.45) is 0 Å². The van der Waals surface area contributed by atoms with Crippen LogP contribution in [0.25, 0.3) is 0 Å². The summed E-state index contributed by atoms with van der Waals surface area (Å²) in [6, 6.07) is 0. The molecule has 1 aliphatic rings. The van der Waals surface area contributed by atoms with Crippen molar-refractivity contribution in [1.29, 1.82) is 0 Å². The second-order valence-electron chi connectivity index (χ2n) is 2.48. The molecule has 1 rings (SSSR count). The van der Waals surface area contributed by atoms with E-state index in [9.17, 15) is 4.79 Å². The molecule has 0 bridgehead atoms. The smallest absolute Gasteiger partial charge is 0.207 e. The first-order chi connectivity index (χ1) is 4.02. The van der Waals surface area contributed by atoms with Crippen LogP contribution >= 0.6 is 23.2 Å². The van der Waals surface area contributed by atoms with Gasteiger partial charge in [0.1, 0.15) is 4.33 Å². The summed E-state index contributed by atoms with van der Waals surface area (Å²) in [6.07, 6.45) is 1.24. The predicted molar refractivity (Wildman–Crippen MR) is 36.7 cm³/mol. The molecule has 0 aromatic carbocycles. The number of amides is 1. The SMILES string of the molecule is CC1(NC=O)CC1(Cl)Cl. The highest BCUT2D eigenvalue weighted by Crippen LogP contribution is 2.55. The molecule has 2 nitrogen and oxygen atoms in total. The Bertz CT molecular complexity index is 148. The lowest BCUT2D eigenvalue weighted by atomic mass is 10.3. The average Bonchev–Trinajstić information content (AvgIpc) is 2.07. The standard InChI is InChI=1S/C5H7Cl2NO/c1-4(8-3-9)2-5(4,6)7/h3H,2H2,1H3,(H,8,9). The maximum Gasteiger partial charge on any atom is 0.207 e. The molecule has 0 spiro atoms. The van der Waals surface area contributed by atoms with Gasteiger partial charge in [-0.1, -0.05) is 23.2 Å². The molecule has 0 heterocycles. The first-order valence-corrected chi connectivity index (χ1v) is 3.37. The van der Waals surface area contributed by atoms with Crippen molar-refractivity contribution in [2.45, 2.75) is 23.2 Å². The molecule has 0 aromatic heterocycles. The minimum Gasteiger partial charge on any atom is -0.350 e. The molecular formula is C5H7Cl2NO. The molecule has 0 aliphatic heterocycles. The van der Waals surface area contributed by atoms with Crippen molar-refractivity contribution in [3.63, 3.8) is 0 Å². The molecule has 0 aromatic rings. The van der Waals surface area contributed by atoms with Crippen molar-refractivity contribution in [3.05, 3.63) is 0 Å². The first kappa shape index (κ1) is 7.16. The average molecular weight is 168 g/mol. The normalized spacial score (nSPS) is 37.7. The monoisotopic (exact) mass is 167 g/mol. The van der Waals surface area contributed by atoms with E-state index in [0.29, 0.717) is 12.8 Å². The molecule has 1 aliphatic carbocycles. The van der Waals surface area contributed by atoms with E-state index in [4.69, 9.17) is 23.2 Å². The third-order valence-corrected chi connectivity index (χ3v) is 2.74. The first-order valence-electron chi connectivity index (χ1n) is 2.61. The Morgan fingerprint density at radius 3 is 2.22 bits per heavy atom. The Labute approximate surface area is 63.5 Å². The summed E-state index contributed by atoms with van der Waals surface area (Å²) in [5.74, 6) is 0. The molecule has 1 saturated carbocycles. The summed E-state index contributed by atoms with van der Waals surface area (Å²) in [5.41, 5.74) is -0.391. The van der Waals surface area contributed by atoms with Crippen LogP contribution in [0.15, 0.2) is 0 Å². The molecule has 1 atom stereocenters. The van der Waals surface area contributed by atoms with Crippen LogP contribution in [-0.2, 0) is 4.79 Å². The van der Waals surface area contributed by atoms with E-state index in [2.05, 4.69) is 5.32 Å². The van der Waals surface area contributed by atoms with Gasteiger partial charge in [0.2, 0.25) is 6.41 Å². The van der Waals surface area contributed by atoms with Crippen molar-refractivity contribution in [3.8, 4) is 0 Å². The quantitative estimate of drug-likeness (QED) is 0.484. The summed E-state index contributed by atoms with van der Waals surface area (Å²) >= 11 is 11.3. The van der Waals surface area contributed by atoms with Gasteiger partial charge in [-0.05, 0) is 6.92 Å². The third-order valence-electron chi connectivity index (χ3n) is 1.64. The van der Waals surface area contributed by atoms with Gasteiger partial charge in [0.05, 0.1) is 5.54 Å². The van der Waals surface area contributed by atoms with Crippen LogP contribution in [-0.4, -0.2) is 16.3 Å². The molecule has 9 heavy (non-hydrogen) atoms. The molecule has 0 radical (unpaired) electrons. The minimum atomic E-state index is -0.742. The van der Waals surface area contributed by atoms with Gasteiger partial charge >= 0.3 is 0 Å². The van der Waals surface area contributed by atoms with Gasteiger partial charge in [0.15, 0.2) is 0 Å². The number of halogens is 2. The lowest BCUT2D eigenvalue weighted by molar-refractivity contribution is -0.110. The van der Waals surface area contributed by atoms with Gasteiger partial charge in [-0.3, -0.25) is 4.79 Å². The largest absolute Gasteiger partial charge is 0.350 e. The van der Waals surface area contributed by atoms with Crippen LogP contribution in [0.5, 0.6) is 0 Å². The van der Waals surface area contributed by atoms with Gasteiger partial charge in [0, 0.05) is 6.42 Å². The summed E-state index contributed by atoms with van der Waals surface area (Å²) < 4.78 is -0.742. The fourth-order valence-corrected chi connectivity index (χ4v) is 1.33. The molecule has 1 unspecified atom stereocenters. The van der Waals surface area contributed by atoms with E-state index < -0.39 is 9.87 Å². The number of nitrogens with one attached hydrogen (secondary N) is 1. The van der Waals surface area contributed by atoms with Crippen molar-refractivity contribution in [1.82, 2.24) is 5.32 Å². The van der Waals surface area contributed by atoms with E-state index in [1.54, 1.807) is 6.92 Å². The fourth-order valence-electron chi connectivity index (χ4n) is 0.687. The molecule has 0 saturated heterocycles. The van der Waals surface area contributed by atoms with Crippen LogP contribution in [0, 0.1) is 0 Å². The number of alkyl halides is 2. The number of hydrogen-bond donors (Lipinski definition) is 1. The van der Waals surface area contributed by atoms with Crippen LogP contribution in [0.4, 0.5) is 0 Å². The van der Waals surface area contributed by atoms with Crippen molar-refractivity contribution >= 4 is 29.6 Å². The highest BCUT2D eigenvalue weighted by molar-refractivity contribution is 6.52. The van der Waals surface area contributed by atoms with E-state index >= 15 is 0 Å². The highest BCUT2D eigenvalue weighted by Gasteiger charge is 2.63. The van der Waals surface area contributed by atoms with E-state index in [-0.39, 0.29) is 0 Å². The Balaban J connectivity index is 2.52. The maximum atomic E-state index is 9.92. The van der Waals surface area contributed by atoms with Gasteiger partial charge < -0.3 is 5.32 Å². The zero-order valence-electron chi connectivity index (χ0n) is 4.95. The van der Waals surface area contributed by atoms with Crippen LogP contribution in [0.3, 0.4) is 0 Å². The zero-order valence-corrected chi connectivity index (χ0v) is 6.46. The molecule has 52 valence electrons. The molecule has 1 fully saturated rings. The molecular weight excluding hydrogens is 161 g/mol. The molecule has 1 N–H and O–H groups in total. The van der Waals surface area contributed by atoms with Crippen LogP contribution in [0.1, 0.15) is 13.3 Å². The Morgan fingerprint density at radius 2 is 2.11 bits per heavy atom. The molecule has 1 amide bonds. The van der Waals surface area contributed by atoms with Gasteiger partial charge in [-0.15, -0.1) is 0 Å². The maximum absolute atomic E-state index is 9.92. The zero-order chi connectivity index (χ0) is 7.12. The van der Waals surface area contributed by atoms with Gasteiger partial charge in [-0.2, -0.15) is 0 Å². The number of hydrogen-bond acceptors (Lipinski definition) is 1. The number of carbonyl (C=O) groups is 1. The summed E-state index contributed by atoms with van der Waals surface area (Å²) in [5, 5.41) is 2.54. The lowest BCUT2D eigenvalue weighted by Crippen LogP contribution is -2.31. The second kappa shape index (κ2) is 1.77. The highest BCUT2D eigenvalue weighted by atomic mass is 35.5. The predicted octanol–water partition coefficient (Wildman–Crippen LogP) is 1.07.